The summed E-state index contributed by atoms with van der Waals surface area (Å²) < 4.78 is 0. The maximum Gasteiger partial charge on any atom is 0.0780 e. The van der Waals surface area contributed by atoms with E-state index in [9.17, 15) is 0 Å². The Kier molecular flexibility index (Phi) is 6.31. The van der Waals surface area contributed by atoms with Gasteiger partial charge < -0.3 is 9.80 Å². The van der Waals surface area contributed by atoms with Crippen LogP contribution in [0, 0.1) is 0 Å². The highest BCUT2D eigenvalue weighted by molar-refractivity contribution is 7.80. The van der Waals surface area contributed by atoms with E-state index in [0.717, 1.165) is 32.6 Å². The summed E-state index contributed by atoms with van der Waals surface area (Å²) >= 11 is 5.59. The lowest BCUT2D eigenvalue weighted by atomic mass is 10.1. The minimum Gasteiger partial charge on any atom is -0.368 e. The summed E-state index contributed by atoms with van der Waals surface area (Å²) in [6.45, 7) is 6.56. The highest BCUT2D eigenvalue weighted by atomic mass is 32.1. The first-order chi connectivity index (χ1) is 9.81. The summed E-state index contributed by atoms with van der Waals surface area (Å²) in [5, 5.41) is 0. The van der Waals surface area contributed by atoms with Gasteiger partial charge in [0.1, 0.15) is 0 Å². The van der Waals surface area contributed by atoms with Crippen LogP contribution in [0.5, 0.6) is 0 Å². The average molecular weight is 290 g/mol. The molecule has 1 aromatic rings. The van der Waals surface area contributed by atoms with Crippen LogP contribution in [0.4, 0.5) is 5.69 Å². The minimum absolute atomic E-state index is 1.07. The van der Waals surface area contributed by atoms with Gasteiger partial charge in [-0.2, -0.15) is 0 Å². The topological polar surface area (TPSA) is 6.48 Å². The molecule has 0 aromatic heterocycles. The Morgan fingerprint density at radius 1 is 1.00 bits per heavy atom. The van der Waals surface area contributed by atoms with Crippen LogP contribution in [0.25, 0.3) is 0 Å². The number of benzene rings is 1. The summed E-state index contributed by atoms with van der Waals surface area (Å²) in [7, 11) is 0. The van der Waals surface area contributed by atoms with Crippen molar-refractivity contribution in [1.82, 2.24) is 4.90 Å². The van der Waals surface area contributed by atoms with Gasteiger partial charge in [-0.1, -0.05) is 56.6 Å². The molecule has 20 heavy (non-hydrogen) atoms. The Hall–Kier alpha value is -1.09. The molecule has 2 nitrogen and oxygen atoms in total. The molecule has 1 fully saturated rings. The van der Waals surface area contributed by atoms with Crippen molar-refractivity contribution in [2.45, 2.75) is 39.0 Å². The quantitative estimate of drug-likeness (QED) is 0.575. The SMILES string of the molecule is CCCCCCC(=S)N1CCN(c2ccccc2)CC1. The van der Waals surface area contributed by atoms with E-state index in [0.29, 0.717) is 0 Å². The van der Waals surface area contributed by atoms with Crippen LogP contribution in [0.3, 0.4) is 0 Å². The van der Waals surface area contributed by atoms with Crippen molar-refractivity contribution in [1.29, 1.82) is 0 Å². The Morgan fingerprint density at radius 2 is 1.70 bits per heavy atom. The summed E-state index contributed by atoms with van der Waals surface area (Å²) in [4.78, 5) is 6.03. The number of thiocarbonyl (C=S) groups is 1. The Labute approximate surface area is 128 Å². The largest absolute Gasteiger partial charge is 0.368 e. The zero-order valence-electron chi connectivity index (χ0n) is 12.6. The first kappa shape index (κ1) is 15.3. The maximum absolute atomic E-state index is 5.59. The minimum atomic E-state index is 1.07. The monoisotopic (exact) mass is 290 g/mol. The molecule has 0 atom stereocenters. The molecule has 1 heterocycles. The van der Waals surface area contributed by atoms with Crippen molar-refractivity contribution < 1.29 is 0 Å². The van der Waals surface area contributed by atoms with Crippen LogP contribution < -0.4 is 4.90 Å². The molecule has 2 rings (SSSR count). The maximum atomic E-state index is 5.59. The zero-order chi connectivity index (χ0) is 14.2. The van der Waals surface area contributed by atoms with E-state index in [1.54, 1.807) is 0 Å². The van der Waals surface area contributed by atoms with E-state index in [2.05, 4.69) is 47.1 Å². The normalized spacial score (nSPS) is 15.4. The van der Waals surface area contributed by atoms with Gasteiger partial charge in [0.05, 0.1) is 4.99 Å². The van der Waals surface area contributed by atoms with Gasteiger partial charge in [-0.15, -0.1) is 0 Å². The molecule has 1 saturated heterocycles. The lowest BCUT2D eigenvalue weighted by molar-refractivity contribution is 0.383. The summed E-state index contributed by atoms with van der Waals surface area (Å²) in [5.74, 6) is 0. The molecule has 0 saturated carbocycles. The molecule has 1 aromatic carbocycles. The van der Waals surface area contributed by atoms with E-state index < -0.39 is 0 Å². The van der Waals surface area contributed by atoms with Crippen LogP contribution >= 0.6 is 12.2 Å². The molecule has 0 bridgehead atoms. The van der Waals surface area contributed by atoms with Gasteiger partial charge in [-0.25, -0.2) is 0 Å². The van der Waals surface area contributed by atoms with E-state index in [1.165, 1.54) is 36.4 Å². The second kappa shape index (κ2) is 8.25. The molecule has 1 aliphatic rings. The molecular formula is C17H26N2S. The van der Waals surface area contributed by atoms with E-state index in [1.807, 2.05) is 0 Å². The number of hydrogen-bond acceptors (Lipinski definition) is 2. The first-order valence-electron chi connectivity index (χ1n) is 7.89. The van der Waals surface area contributed by atoms with Gasteiger partial charge in [0.2, 0.25) is 0 Å². The Bertz CT molecular complexity index is 397. The average Bonchev–Trinajstić information content (AvgIpc) is 2.52. The molecule has 110 valence electrons. The first-order valence-corrected chi connectivity index (χ1v) is 8.30. The Morgan fingerprint density at radius 3 is 2.35 bits per heavy atom. The summed E-state index contributed by atoms with van der Waals surface area (Å²) in [5.41, 5.74) is 1.33. The fraction of sp³-hybridized carbons (Fsp3) is 0.588. The predicted octanol–water partition coefficient (Wildman–Crippen LogP) is 4.11. The third-order valence-corrected chi connectivity index (χ3v) is 4.46. The Balaban J connectivity index is 1.72. The highest BCUT2D eigenvalue weighted by Crippen LogP contribution is 2.16. The number of nitrogens with zero attached hydrogens (tertiary/aromatic N) is 2. The van der Waals surface area contributed by atoms with Crippen LogP contribution in [0.15, 0.2) is 30.3 Å². The van der Waals surface area contributed by atoms with Gasteiger partial charge in [0, 0.05) is 31.9 Å². The van der Waals surface area contributed by atoms with Crippen molar-refractivity contribution in [3.05, 3.63) is 30.3 Å². The highest BCUT2D eigenvalue weighted by Gasteiger charge is 2.18. The smallest absolute Gasteiger partial charge is 0.0780 e. The van der Waals surface area contributed by atoms with Gasteiger partial charge in [0.25, 0.3) is 0 Å². The number of para-hydroxylation sites is 1. The molecule has 0 N–H and O–H groups in total. The number of rotatable bonds is 6. The van der Waals surface area contributed by atoms with Crippen LogP contribution in [-0.4, -0.2) is 36.1 Å². The van der Waals surface area contributed by atoms with Gasteiger partial charge >= 0.3 is 0 Å². The number of hydrogen-bond donors (Lipinski definition) is 0. The molecule has 0 spiro atoms. The number of anilines is 1. The second-order valence-electron chi connectivity index (χ2n) is 5.51. The zero-order valence-corrected chi connectivity index (χ0v) is 13.4. The van der Waals surface area contributed by atoms with Crippen molar-refractivity contribution in [3.8, 4) is 0 Å². The standard InChI is InChI=1S/C17H26N2S/c1-2-3-4-8-11-17(20)19-14-12-18(13-15-19)16-9-6-5-7-10-16/h5-7,9-10H,2-4,8,11-15H2,1H3. The van der Waals surface area contributed by atoms with Crippen molar-refractivity contribution in [2.75, 3.05) is 31.1 Å². The van der Waals surface area contributed by atoms with Crippen molar-refractivity contribution >= 4 is 22.9 Å². The molecular weight excluding hydrogens is 264 g/mol. The van der Waals surface area contributed by atoms with E-state index >= 15 is 0 Å². The third kappa shape index (κ3) is 4.48. The van der Waals surface area contributed by atoms with Crippen molar-refractivity contribution in [3.63, 3.8) is 0 Å². The summed E-state index contributed by atoms with van der Waals surface area (Å²) in [6.07, 6.45) is 6.31. The molecule has 0 unspecified atom stereocenters. The fourth-order valence-corrected chi connectivity index (χ4v) is 3.04. The van der Waals surface area contributed by atoms with E-state index in [4.69, 9.17) is 12.2 Å². The second-order valence-corrected chi connectivity index (χ2v) is 5.99. The third-order valence-electron chi connectivity index (χ3n) is 4.00. The van der Waals surface area contributed by atoms with Crippen LogP contribution in [0.2, 0.25) is 0 Å². The van der Waals surface area contributed by atoms with Gasteiger partial charge in [-0.05, 0) is 25.0 Å². The number of unbranched alkanes of at least 4 members (excludes halogenated alkanes) is 3. The molecule has 3 heteroatoms. The molecule has 0 aliphatic carbocycles. The summed E-state index contributed by atoms with van der Waals surface area (Å²) in [6, 6.07) is 10.7. The van der Waals surface area contributed by atoms with Crippen molar-refractivity contribution in [2.24, 2.45) is 0 Å². The van der Waals surface area contributed by atoms with Gasteiger partial charge in [-0.3, -0.25) is 0 Å². The molecule has 0 amide bonds. The van der Waals surface area contributed by atoms with Gasteiger partial charge in [0.15, 0.2) is 0 Å². The van der Waals surface area contributed by atoms with E-state index in [-0.39, 0.29) is 0 Å². The molecule has 1 aliphatic heterocycles. The fourth-order valence-electron chi connectivity index (χ4n) is 2.71. The lowest BCUT2D eigenvalue weighted by Gasteiger charge is -2.37. The lowest BCUT2D eigenvalue weighted by Crippen LogP contribution is -2.48. The van der Waals surface area contributed by atoms with Crippen LogP contribution in [0.1, 0.15) is 39.0 Å². The molecule has 0 radical (unpaired) electrons. The van der Waals surface area contributed by atoms with Crippen LogP contribution in [-0.2, 0) is 0 Å². The number of piperazine rings is 1. The predicted molar refractivity (Wildman–Crippen MR) is 91.6 cm³/mol.